The number of hydrogen-bond acceptors (Lipinski definition) is 6. The monoisotopic (exact) mass is 389 g/mol. The number of aromatic amines is 1. The van der Waals surface area contributed by atoms with Gasteiger partial charge < -0.3 is 9.15 Å². The second-order valence-electron chi connectivity index (χ2n) is 6.08. The Morgan fingerprint density at radius 3 is 2.68 bits per heavy atom. The number of hydrogen-bond donors (Lipinski definition) is 1. The number of aromatic nitrogens is 5. The third kappa shape index (κ3) is 3.53. The van der Waals surface area contributed by atoms with Crippen LogP contribution in [0.25, 0.3) is 22.5 Å². The lowest BCUT2D eigenvalue weighted by molar-refractivity contribution is -0.138. The van der Waals surface area contributed by atoms with E-state index in [-0.39, 0.29) is 5.75 Å². The largest absolute Gasteiger partial charge is 0.496 e. The van der Waals surface area contributed by atoms with Crippen LogP contribution in [-0.2, 0) is 19.0 Å². The van der Waals surface area contributed by atoms with Gasteiger partial charge in [-0.1, -0.05) is 11.3 Å². The fourth-order valence-electron chi connectivity index (χ4n) is 2.83. The number of alkyl halides is 3. The molecule has 0 radical (unpaired) electrons. The number of nitrogens with zero attached hydrogens (tertiary/aromatic N) is 4. The summed E-state index contributed by atoms with van der Waals surface area (Å²) in [7, 11) is 1.21. The highest BCUT2D eigenvalue weighted by Gasteiger charge is 2.34. The molecule has 7 nitrogen and oxygen atoms in total. The van der Waals surface area contributed by atoms with Crippen LogP contribution in [0.2, 0.25) is 0 Å². The van der Waals surface area contributed by atoms with E-state index in [2.05, 4.69) is 25.6 Å². The molecule has 0 saturated carbocycles. The molecule has 1 N–H and O–H groups in total. The molecule has 0 atom stereocenters. The number of rotatable bonds is 5. The van der Waals surface area contributed by atoms with Crippen LogP contribution in [0.1, 0.15) is 17.0 Å². The Labute approximate surface area is 156 Å². The van der Waals surface area contributed by atoms with E-state index >= 15 is 0 Å². The molecule has 144 valence electrons. The zero-order valence-electron chi connectivity index (χ0n) is 14.6. The Balaban J connectivity index is 1.50. The molecule has 0 unspecified atom stereocenters. The number of methoxy groups -OCH3 is 1. The lowest BCUT2D eigenvalue weighted by atomic mass is 10.1. The van der Waals surface area contributed by atoms with Crippen molar-refractivity contribution in [3.8, 4) is 17.2 Å². The van der Waals surface area contributed by atoms with E-state index in [9.17, 15) is 13.2 Å². The summed E-state index contributed by atoms with van der Waals surface area (Å²) < 4.78 is 49.8. The van der Waals surface area contributed by atoms with E-state index in [1.807, 2.05) is 0 Å². The maximum absolute atomic E-state index is 13.1. The average molecular weight is 389 g/mol. The molecule has 0 fully saturated rings. The van der Waals surface area contributed by atoms with E-state index in [0.717, 1.165) is 11.6 Å². The second kappa shape index (κ2) is 6.95. The van der Waals surface area contributed by atoms with Gasteiger partial charge in [-0.15, -0.1) is 15.3 Å². The summed E-state index contributed by atoms with van der Waals surface area (Å²) in [5.74, 6) is 0.435. The second-order valence-corrected chi connectivity index (χ2v) is 6.08. The van der Waals surface area contributed by atoms with Gasteiger partial charge in [-0.05, 0) is 42.3 Å². The summed E-state index contributed by atoms with van der Waals surface area (Å²) in [4.78, 5) is 0. The fourth-order valence-corrected chi connectivity index (χ4v) is 2.83. The molecule has 4 rings (SSSR count). The number of nitrogens with one attached hydrogen (secondary N) is 1. The summed E-state index contributed by atoms with van der Waals surface area (Å²) >= 11 is 0. The number of halogens is 3. The molecule has 0 bridgehead atoms. The van der Waals surface area contributed by atoms with Crippen molar-refractivity contribution in [3.05, 3.63) is 53.4 Å². The van der Waals surface area contributed by atoms with Crippen molar-refractivity contribution in [2.45, 2.75) is 19.0 Å². The molecule has 10 heteroatoms. The van der Waals surface area contributed by atoms with Crippen LogP contribution in [0, 0.1) is 0 Å². The van der Waals surface area contributed by atoms with Gasteiger partial charge in [0.15, 0.2) is 0 Å². The van der Waals surface area contributed by atoms with Gasteiger partial charge in [-0.3, -0.25) is 5.10 Å². The molecule has 0 aliphatic heterocycles. The zero-order valence-corrected chi connectivity index (χ0v) is 14.6. The van der Waals surface area contributed by atoms with E-state index in [4.69, 9.17) is 9.15 Å². The topological polar surface area (TPSA) is 89.7 Å². The molecule has 4 aromatic rings. The summed E-state index contributed by atoms with van der Waals surface area (Å²) in [6.07, 6.45) is -3.86. The van der Waals surface area contributed by atoms with E-state index in [0.29, 0.717) is 41.3 Å². The maximum atomic E-state index is 13.1. The molecule has 28 heavy (non-hydrogen) atoms. The first-order chi connectivity index (χ1) is 13.4. The first-order valence-corrected chi connectivity index (χ1v) is 8.32. The van der Waals surface area contributed by atoms with E-state index in [1.54, 1.807) is 24.3 Å². The highest BCUT2D eigenvalue weighted by Crippen LogP contribution is 2.36. The van der Waals surface area contributed by atoms with Crippen LogP contribution in [0.15, 0.2) is 40.8 Å². The predicted octanol–water partition coefficient (Wildman–Crippen LogP) is 3.82. The summed E-state index contributed by atoms with van der Waals surface area (Å²) in [5.41, 5.74) is 1.82. The van der Waals surface area contributed by atoms with Crippen LogP contribution in [-0.4, -0.2) is 32.7 Å². The van der Waals surface area contributed by atoms with Gasteiger partial charge in [-0.2, -0.15) is 13.2 Å². The molecule has 0 aliphatic rings. The minimum atomic E-state index is -4.49. The highest BCUT2D eigenvalue weighted by molar-refractivity contribution is 5.78. The van der Waals surface area contributed by atoms with Crippen molar-refractivity contribution in [2.75, 3.05) is 7.11 Å². The normalized spacial score (nSPS) is 11.9. The summed E-state index contributed by atoms with van der Waals surface area (Å²) in [6, 6.07) is 9.32. The molecule has 0 spiro atoms. The third-order valence-electron chi connectivity index (χ3n) is 4.24. The Bertz CT molecular complexity index is 1120. The van der Waals surface area contributed by atoms with Crippen molar-refractivity contribution in [2.24, 2.45) is 0 Å². The SMILES string of the molecule is COc1ccc(CCc2nnc(-c3ccc4[nH]nnc4c3)o2)cc1C(F)(F)F. The quantitative estimate of drug-likeness (QED) is 0.558. The van der Waals surface area contributed by atoms with Crippen molar-refractivity contribution < 1.29 is 22.3 Å². The molecule has 0 aliphatic carbocycles. The molecule has 2 aromatic heterocycles. The number of ether oxygens (including phenoxy) is 1. The van der Waals surface area contributed by atoms with Crippen LogP contribution in [0.5, 0.6) is 5.75 Å². The Hall–Kier alpha value is -3.43. The van der Waals surface area contributed by atoms with Gasteiger partial charge in [0.2, 0.25) is 11.8 Å². The maximum Gasteiger partial charge on any atom is 0.419 e. The standard InChI is InChI=1S/C18H14F3N5O2/c1-27-15-6-2-10(8-12(15)18(19,20)21)3-7-16-24-25-17(28-16)11-4-5-13-14(9-11)23-26-22-13/h2,4-6,8-9H,3,7H2,1H3,(H,22,23,26). The van der Waals surface area contributed by atoms with Crippen LogP contribution >= 0.6 is 0 Å². The average Bonchev–Trinajstić information content (AvgIpc) is 3.34. The fraction of sp³-hybridized carbons (Fsp3) is 0.222. The Morgan fingerprint density at radius 1 is 1.04 bits per heavy atom. The van der Waals surface area contributed by atoms with Gasteiger partial charge in [0.1, 0.15) is 11.3 Å². The molecule has 2 heterocycles. The van der Waals surface area contributed by atoms with Gasteiger partial charge >= 0.3 is 6.18 Å². The van der Waals surface area contributed by atoms with Crippen molar-refractivity contribution in [1.82, 2.24) is 25.6 Å². The van der Waals surface area contributed by atoms with Crippen LogP contribution in [0.4, 0.5) is 13.2 Å². The number of fused-ring (bicyclic) bond motifs is 1. The van der Waals surface area contributed by atoms with Gasteiger partial charge in [-0.25, -0.2) is 0 Å². The van der Waals surface area contributed by atoms with Gasteiger partial charge in [0.25, 0.3) is 0 Å². The minimum Gasteiger partial charge on any atom is -0.496 e. The van der Waals surface area contributed by atoms with E-state index in [1.165, 1.54) is 13.2 Å². The van der Waals surface area contributed by atoms with E-state index < -0.39 is 11.7 Å². The molecule has 2 aromatic carbocycles. The minimum absolute atomic E-state index is 0.209. The number of H-pyrrole nitrogens is 1. The zero-order chi connectivity index (χ0) is 19.7. The first kappa shape index (κ1) is 18.0. The van der Waals surface area contributed by atoms with Gasteiger partial charge in [0, 0.05) is 12.0 Å². The van der Waals surface area contributed by atoms with Crippen molar-refractivity contribution in [1.29, 1.82) is 0 Å². The molecular formula is C18H14F3N5O2. The van der Waals surface area contributed by atoms with Gasteiger partial charge in [0.05, 0.1) is 18.2 Å². The predicted molar refractivity (Wildman–Crippen MR) is 92.6 cm³/mol. The smallest absolute Gasteiger partial charge is 0.419 e. The third-order valence-corrected chi connectivity index (χ3v) is 4.24. The van der Waals surface area contributed by atoms with Crippen molar-refractivity contribution in [3.63, 3.8) is 0 Å². The Morgan fingerprint density at radius 2 is 1.89 bits per heavy atom. The lowest BCUT2D eigenvalue weighted by Crippen LogP contribution is -2.08. The highest BCUT2D eigenvalue weighted by atomic mass is 19.4. The summed E-state index contributed by atoms with van der Waals surface area (Å²) in [5, 5.41) is 18.4. The molecule has 0 amide bonds. The van der Waals surface area contributed by atoms with Crippen molar-refractivity contribution >= 4 is 11.0 Å². The number of benzene rings is 2. The van der Waals surface area contributed by atoms with Crippen LogP contribution < -0.4 is 4.74 Å². The van der Waals surface area contributed by atoms with Crippen LogP contribution in [0.3, 0.4) is 0 Å². The Kier molecular flexibility index (Phi) is 4.46. The summed E-state index contributed by atoms with van der Waals surface area (Å²) in [6.45, 7) is 0. The number of aryl methyl sites for hydroxylation is 2. The first-order valence-electron chi connectivity index (χ1n) is 8.32. The molecular weight excluding hydrogens is 375 g/mol. The lowest BCUT2D eigenvalue weighted by Gasteiger charge is -2.13. The molecule has 0 saturated heterocycles.